The molecule has 36 heavy (non-hydrogen) atoms. The van der Waals surface area contributed by atoms with Crippen LogP contribution in [0.5, 0.6) is 5.75 Å². The lowest BCUT2D eigenvalue weighted by atomic mass is 9.92. The minimum Gasteiger partial charge on any atom is -0.494 e. The molecule has 5 heterocycles. The smallest absolute Gasteiger partial charge is 0.298 e. The van der Waals surface area contributed by atoms with Gasteiger partial charge in [0.2, 0.25) is 5.67 Å². The number of carbonyl (C=O) groups is 2. The number of likely N-dealkylation sites (tertiary alicyclic amines) is 2. The number of piperidine rings is 1. The molecule has 0 spiro atoms. The number of alkyl halides is 1. The molecular formula is C25H24FN7O3. The van der Waals surface area contributed by atoms with Gasteiger partial charge in [-0.2, -0.15) is 15.5 Å². The minimum absolute atomic E-state index is 0.0554. The normalized spacial score (nSPS) is 17.4. The van der Waals surface area contributed by atoms with Crippen LogP contribution in [0.2, 0.25) is 0 Å². The molecule has 0 radical (unpaired) electrons. The number of ether oxygens (including phenoxy) is 1. The fourth-order valence-corrected chi connectivity index (χ4v) is 5.07. The van der Waals surface area contributed by atoms with Crippen LogP contribution in [-0.2, 0) is 9.59 Å². The third kappa shape index (κ3) is 3.64. The van der Waals surface area contributed by atoms with Crippen molar-refractivity contribution in [2.45, 2.75) is 31.5 Å². The van der Waals surface area contributed by atoms with Crippen molar-refractivity contribution in [3.8, 4) is 35.3 Å². The van der Waals surface area contributed by atoms with Crippen LogP contribution in [0.15, 0.2) is 24.7 Å². The highest BCUT2D eigenvalue weighted by molar-refractivity contribution is 5.96. The van der Waals surface area contributed by atoms with Crippen LogP contribution in [0.3, 0.4) is 0 Å². The lowest BCUT2D eigenvalue weighted by Crippen LogP contribution is -2.68. The molecule has 0 saturated carbocycles. The highest BCUT2D eigenvalue weighted by Gasteiger charge is 2.53. The molecule has 2 amide bonds. The number of pyridine rings is 1. The molecule has 11 heteroatoms. The summed E-state index contributed by atoms with van der Waals surface area (Å²) in [6, 6.07) is 4.04. The van der Waals surface area contributed by atoms with Gasteiger partial charge < -0.3 is 14.5 Å². The van der Waals surface area contributed by atoms with Gasteiger partial charge in [0.1, 0.15) is 22.9 Å². The van der Waals surface area contributed by atoms with E-state index in [0.717, 1.165) is 21.7 Å². The highest BCUT2D eigenvalue weighted by atomic mass is 19.1. The average Bonchev–Trinajstić information content (AvgIpc) is 3.48. The quantitative estimate of drug-likeness (QED) is 0.517. The SMILES string of the molecule is C#CC(=O)N1CC(F)(C(=O)N2CCC(n3ncc(-c4cc(OC)c5c(C#N)cnn5c4)c3C)CC2)C1. The van der Waals surface area contributed by atoms with E-state index in [-0.39, 0.29) is 19.1 Å². The third-order valence-electron chi connectivity index (χ3n) is 7.05. The second-order valence-corrected chi connectivity index (χ2v) is 9.14. The predicted octanol–water partition coefficient (Wildman–Crippen LogP) is 1.73. The summed E-state index contributed by atoms with van der Waals surface area (Å²) < 4.78 is 24.1. The van der Waals surface area contributed by atoms with Crippen LogP contribution in [0.4, 0.5) is 4.39 Å². The number of amides is 2. The van der Waals surface area contributed by atoms with Crippen molar-refractivity contribution in [2.75, 3.05) is 33.3 Å². The fourth-order valence-electron chi connectivity index (χ4n) is 5.07. The summed E-state index contributed by atoms with van der Waals surface area (Å²) in [6.45, 7) is 2.18. The van der Waals surface area contributed by atoms with E-state index in [9.17, 15) is 19.2 Å². The Bertz CT molecular complexity index is 1450. The van der Waals surface area contributed by atoms with Gasteiger partial charge in [-0.1, -0.05) is 0 Å². The molecule has 2 aliphatic rings. The average molecular weight is 490 g/mol. The van der Waals surface area contributed by atoms with Crippen LogP contribution >= 0.6 is 0 Å². The molecular weight excluding hydrogens is 465 g/mol. The molecule has 10 nitrogen and oxygen atoms in total. The lowest BCUT2D eigenvalue weighted by molar-refractivity contribution is -0.162. The van der Waals surface area contributed by atoms with Crippen molar-refractivity contribution in [3.05, 3.63) is 35.9 Å². The molecule has 184 valence electrons. The maximum atomic E-state index is 15.0. The largest absolute Gasteiger partial charge is 0.494 e. The van der Waals surface area contributed by atoms with Gasteiger partial charge >= 0.3 is 0 Å². The monoisotopic (exact) mass is 489 g/mol. The zero-order valence-corrected chi connectivity index (χ0v) is 19.9. The summed E-state index contributed by atoms with van der Waals surface area (Å²) in [6.07, 6.45) is 11.4. The molecule has 2 saturated heterocycles. The molecule has 3 aromatic rings. The lowest BCUT2D eigenvalue weighted by Gasteiger charge is -2.45. The first-order valence-corrected chi connectivity index (χ1v) is 11.5. The Morgan fingerprint density at radius 1 is 1.22 bits per heavy atom. The fraction of sp³-hybridized carbons (Fsp3) is 0.400. The van der Waals surface area contributed by atoms with E-state index >= 15 is 0 Å². The Labute approximate surface area is 206 Å². The zero-order chi connectivity index (χ0) is 25.6. The maximum Gasteiger partial charge on any atom is 0.298 e. The van der Waals surface area contributed by atoms with Gasteiger partial charge in [0.05, 0.1) is 38.6 Å². The molecule has 0 bridgehead atoms. The molecule has 0 aromatic carbocycles. The van der Waals surface area contributed by atoms with Crippen molar-refractivity contribution in [2.24, 2.45) is 0 Å². The third-order valence-corrected chi connectivity index (χ3v) is 7.05. The Kier molecular flexibility index (Phi) is 5.64. The summed E-state index contributed by atoms with van der Waals surface area (Å²) in [5, 5.41) is 18.2. The number of fused-ring (bicyclic) bond motifs is 1. The summed E-state index contributed by atoms with van der Waals surface area (Å²) in [5.41, 5.74) is 1.66. The number of halogens is 1. The summed E-state index contributed by atoms with van der Waals surface area (Å²) >= 11 is 0. The van der Waals surface area contributed by atoms with Gasteiger partial charge in [-0.15, -0.1) is 6.42 Å². The van der Waals surface area contributed by atoms with E-state index < -0.39 is 17.5 Å². The van der Waals surface area contributed by atoms with E-state index in [1.54, 1.807) is 17.8 Å². The van der Waals surface area contributed by atoms with Gasteiger partial charge in [-0.05, 0) is 31.8 Å². The first kappa shape index (κ1) is 23.4. The van der Waals surface area contributed by atoms with Crippen molar-refractivity contribution in [1.82, 2.24) is 29.2 Å². The number of rotatable bonds is 4. The molecule has 0 atom stereocenters. The van der Waals surface area contributed by atoms with Crippen LogP contribution in [-0.4, -0.2) is 80.0 Å². The van der Waals surface area contributed by atoms with Gasteiger partial charge in [-0.25, -0.2) is 8.91 Å². The van der Waals surface area contributed by atoms with Crippen LogP contribution in [0.1, 0.15) is 30.1 Å². The van der Waals surface area contributed by atoms with Crippen molar-refractivity contribution >= 4 is 17.3 Å². The van der Waals surface area contributed by atoms with Crippen molar-refractivity contribution in [1.29, 1.82) is 5.26 Å². The van der Waals surface area contributed by atoms with Gasteiger partial charge in [-0.3, -0.25) is 14.3 Å². The number of nitrogens with zero attached hydrogens (tertiary/aromatic N) is 7. The number of terminal acetylenes is 1. The summed E-state index contributed by atoms with van der Waals surface area (Å²) in [5.74, 6) is 1.30. The number of aromatic nitrogens is 4. The Hall–Kier alpha value is -4.38. The van der Waals surface area contributed by atoms with E-state index in [4.69, 9.17) is 11.2 Å². The van der Waals surface area contributed by atoms with Gasteiger partial charge in [0, 0.05) is 36.1 Å². The molecule has 0 aliphatic carbocycles. The number of methoxy groups -OCH3 is 1. The molecule has 0 N–H and O–H groups in total. The van der Waals surface area contributed by atoms with Crippen LogP contribution < -0.4 is 4.74 Å². The second kappa shape index (κ2) is 8.68. The number of hydrogen-bond acceptors (Lipinski definition) is 6. The Balaban J connectivity index is 1.30. The van der Waals surface area contributed by atoms with Crippen LogP contribution in [0, 0.1) is 30.6 Å². The Morgan fingerprint density at radius 2 is 1.94 bits per heavy atom. The van der Waals surface area contributed by atoms with Crippen molar-refractivity contribution < 1.29 is 18.7 Å². The minimum atomic E-state index is -2.07. The van der Waals surface area contributed by atoms with E-state index in [1.165, 1.54) is 11.1 Å². The van der Waals surface area contributed by atoms with Crippen molar-refractivity contribution in [3.63, 3.8) is 0 Å². The van der Waals surface area contributed by atoms with Crippen LogP contribution in [0.25, 0.3) is 16.6 Å². The second-order valence-electron chi connectivity index (χ2n) is 9.14. The Morgan fingerprint density at radius 3 is 2.58 bits per heavy atom. The van der Waals surface area contributed by atoms with Gasteiger partial charge in [0.15, 0.2) is 0 Å². The summed E-state index contributed by atoms with van der Waals surface area (Å²) in [4.78, 5) is 26.9. The first-order valence-electron chi connectivity index (χ1n) is 11.5. The maximum absolute atomic E-state index is 15.0. The molecule has 5 rings (SSSR count). The number of hydrogen-bond donors (Lipinski definition) is 0. The van der Waals surface area contributed by atoms with E-state index in [1.807, 2.05) is 29.8 Å². The first-order chi connectivity index (χ1) is 17.3. The molecule has 2 aliphatic heterocycles. The number of carbonyl (C=O) groups excluding carboxylic acids is 2. The summed E-state index contributed by atoms with van der Waals surface area (Å²) in [7, 11) is 1.55. The predicted molar refractivity (Wildman–Crippen MR) is 127 cm³/mol. The van der Waals surface area contributed by atoms with E-state index in [0.29, 0.717) is 42.8 Å². The number of nitriles is 1. The highest BCUT2D eigenvalue weighted by Crippen LogP contribution is 2.34. The molecule has 0 unspecified atom stereocenters. The topological polar surface area (TPSA) is 109 Å². The molecule has 3 aromatic heterocycles. The van der Waals surface area contributed by atoms with E-state index in [2.05, 4.69) is 16.3 Å². The molecule has 2 fully saturated rings. The standard InChI is InChI=1S/C25H24FN7O3/c1-4-22(34)31-14-25(26,15-31)24(35)30-7-5-19(6-8-30)33-16(2)20(12-29-33)17-9-21(36-3)23-18(10-27)11-28-32(23)13-17/h1,9,11-13,19H,5-8,14-15H2,2-3H3. The van der Waals surface area contributed by atoms with Gasteiger partial charge in [0.25, 0.3) is 11.8 Å². The zero-order valence-electron chi connectivity index (χ0n) is 19.9.